The normalized spacial score (nSPS) is 37.4. The minimum Gasteiger partial charge on any atom is -0.381 e. The summed E-state index contributed by atoms with van der Waals surface area (Å²) in [4.78, 5) is 2.55. The van der Waals surface area contributed by atoms with Crippen LogP contribution in [0.25, 0.3) is 0 Å². The molecule has 19 heavy (non-hydrogen) atoms. The third-order valence-electron chi connectivity index (χ3n) is 4.12. The van der Waals surface area contributed by atoms with Gasteiger partial charge in [-0.2, -0.15) is 0 Å². The number of ether oxygens (including phenoxy) is 2. The molecule has 0 spiro atoms. The third-order valence-corrected chi connectivity index (χ3v) is 4.12. The Morgan fingerprint density at radius 1 is 1.21 bits per heavy atom. The van der Waals surface area contributed by atoms with Crippen LogP contribution in [0.1, 0.15) is 33.6 Å². The molecule has 0 amide bonds. The highest BCUT2D eigenvalue weighted by Gasteiger charge is 2.30. The van der Waals surface area contributed by atoms with E-state index < -0.39 is 0 Å². The van der Waals surface area contributed by atoms with Crippen LogP contribution in [0.4, 0.5) is 0 Å². The van der Waals surface area contributed by atoms with E-state index in [4.69, 9.17) is 9.47 Å². The van der Waals surface area contributed by atoms with Gasteiger partial charge in [-0.05, 0) is 33.2 Å². The molecule has 0 radical (unpaired) electrons. The highest BCUT2D eigenvalue weighted by Crippen LogP contribution is 2.19. The Balaban J connectivity index is 1.84. The summed E-state index contributed by atoms with van der Waals surface area (Å²) in [6, 6.07) is 0.627. The van der Waals surface area contributed by atoms with Crippen molar-refractivity contribution in [3.63, 3.8) is 0 Å². The molecule has 112 valence electrons. The Morgan fingerprint density at radius 3 is 2.63 bits per heavy atom. The predicted octanol–water partition coefficient (Wildman–Crippen LogP) is 1.50. The van der Waals surface area contributed by atoms with Crippen molar-refractivity contribution in [2.45, 2.75) is 51.9 Å². The molecule has 0 aliphatic carbocycles. The molecule has 2 saturated heterocycles. The van der Waals surface area contributed by atoms with Crippen LogP contribution in [0.2, 0.25) is 0 Å². The molecule has 4 nitrogen and oxygen atoms in total. The quantitative estimate of drug-likeness (QED) is 0.821. The fourth-order valence-corrected chi connectivity index (χ4v) is 3.34. The summed E-state index contributed by atoms with van der Waals surface area (Å²) in [5.41, 5.74) is 0. The third kappa shape index (κ3) is 4.71. The summed E-state index contributed by atoms with van der Waals surface area (Å²) >= 11 is 0. The van der Waals surface area contributed by atoms with Crippen LogP contribution in [0.15, 0.2) is 0 Å². The number of hydrogen-bond donors (Lipinski definition) is 1. The Kier molecular flexibility index (Phi) is 6.07. The van der Waals surface area contributed by atoms with E-state index in [0.29, 0.717) is 24.2 Å². The minimum atomic E-state index is 0.357. The lowest BCUT2D eigenvalue weighted by Crippen LogP contribution is -2.52. The molecule has 2 aliphatic heterocycles. The molecule has 2 unspecified atom stereocenters. The summed E-state index contributed by atoms with van der Waals surface area (Å²) < 4.78 is 11.5. The average molecular weight is 270 g/mol. The molecule has 0 aromatic rings. The zero-order valence-corrected chi connectivity index (χ0v) is 12.7. The predicted molar refractivity (Wildman–Crippen MR) is 77.5 cm³/mol. The summed E-state index contributed by atoms with van der Waals surface area (Å²) in [6.45, 7) is 12.8. The first-order valence-electron chi connectivity index (χ1n) is 7.88. The van der Waals surface area contributed by atoms with Gasteiger partial charge in [0.2, 0.25) is 0 Å². The highest BCUT2D eigenvalue weighted by molar-refractivity contribution is 4.84. The maximum Gasteiger partial charge on any atom is 0.0678 e. The van der Waals surface area contributed by atoms with E-state index in [2.05, 4.69) is 31.0 Å². The van der Waals surface area contributed by atoms with E-state index >= 15 is 0 Å². The van der Waals surface area contributed by atoms with Gasteiger partial charge in [-0.15, -0.1) is 0 Å². The first kappa shape index (κ1) is 15.2. The Bertz CT molecular complexity index is 253. The summed E-state index contributed by atoms with van der Waals surface area (Å²) in [6.07, 6.45) is 3.07. The zero-order chi connectivity index (χ0) is 13.7. The van der Waals surface area contributed by atoms with Gasteiger partial charge in [0, 0.05) is 38.2 Å². The molecule has 0 bridgehead atoms. The van der Waals surface area contributed by atoms with Gasteiger partial charge < -0.3 is 14.8 Å². The number of nitrogens with zero attached hydrogens (tertiary/aromatic N) is 1. The fourth-order valence-electron chi connectivity index (χ4n) is 3.34. The van der Waals surface area contributed by atoms with Gasteiger partial charge in [-0.3, -0.25) is 4.90 Å². The zero-order valence-electron chi connectivity index (χ0n) is 12.7. The van der Waals surface area contributed by atoms with E-state index in [1.165, 1.54) is 6.42 Å². The molecular weight excluding hydrogens is 240 g/mol. The van der Waals surface area contributed by atoms with Gasteiger partial charge in [0.25, 0.3) is 0 Å². The van der Waals surface area contributed by atoms with Crippen LogP contribution in [-0.4, -0.2) is 62.5 Å². The van der Waals surface area contributed by atoms with Gasteiger partial charge in [0.1, 0.15) is 0 Å². The maximum absolute atomic E-state index is 5.81. The average Bonchev–Trinajstić information content (AvgIpc) is 2.36. The van der Waals surface area contributed by atoms with Crippen LogP contribution < -0.4 is 5.32 Å². The van der Waals surface area contributed by atoms with Crippen LogP contribution in [-0.2, 0) is 9.47 Å². The van der Waals surface area contributed by atoms with Gasteiger partial charge in [0.05, 0.1) is 18.8 Å². The van der Waals surface area contributed by atoms with Crippen molar-refractivity contribution < 1.29 is 9.47 Å². The molecular formula is C15H30N2O2. The second kappa shape index (κ2) is 7.58. The van der Waals surface area contributed by atoms with Crippen LogP contribution in [0, 0.1) is 5.92 Å². The maximum atomic E-state index is 5.81. The smallest absolute Gasteiger partial charge is 0.0678 e. The second-order valence-electron chi connectivity index (χ2n) is 6.16. The van der Waals surface area contributed by atoms with Crippen molar-refractivity contribution in [3.05, 3.63) is 0 Å². The molecule has 2 fully saturated rings. The van der Waals surface area contributed by atoms with Gasteiger partial charge >= 0.3 is 0 Å². The lowest BCUT2D eigenvalue weighted by atomic mass is 9.94. The number of nitrogens with one attached hydrogen (secondary N) is 1. The van der Waals surface area contributed by atoms with Crippen LogP contribution in [0.5, 0.6) is 0 Å². The van der Waals surface area contributed by atoms with Crippen molar-refractivity contribution in [1.82, 2.24) is 10.2 Å². The van der Waals surface area contributed by atoms with Gasteiger partial charge in [0.15, 0.2) is 0 Å². The van der Waals surface area contributed by atoms with E-state index in [0.717, 1.165) is 45.8 Å². The molecule has 4 atom stereocenters. The number of morpholine rings is 1. The van der Waals surface area contributed by atoms with E-state index in [1.54, 1.807) is 0 Å². The van der Waals surface area contributed by atoms with E-state index in [9.17, 15) is 0 Å². The molecule has 0 saturated carbocycles. The lowest BCUT2D eigenvalue weighted by Gasteiger charge is -2.40. The minimum absolute atomic E-state index is 0.357. The summed E-state index contributed by atoms with van der Waals surface area (Å²) in [7, 11) is 0. The van der Waals surface area contributed by atoms with Crippen LogP contribution >= 0.6 is 0 Å². The summed E-state index contributed by atoms with van der Waals surface area (Å²) in [5.74, 6) is 0.623. The van der Waals surface area contributed by atoms with Crippen molar-refractivity contribution in [2.24, 2.45) is 5.92 Å². The highest BCUT2D eigenvalue weighted by atomic mass is 16.5. The molecule has 1 N–H and O–H groups in total. The topological polar surface area (TPSA) is 33.7 Å². The first-order chi connectivity index (χ1) is 9.19. The van der Waals surface area contributed by atoms with Crippen LogP contribution in [0.3, 0.4) is 0 Å². The number of hydrogen-bond acceptors (Lipinski definition) is 4. The fraction of sp³-hybridized carbons (Fsp3) is 1.00. The molecule has 2 rings (SSSR count). The van der Waals surface area contributed by atoms with Gasteiger partial charge in [-0.25, -0.2) is 0 Å². The molecule has 2 aliphatic rings. The molecule has 0 aromatic heterocycles. The molecule has 2 heterocycles. The van der Waals surface area contributed by atoms with Crippen molar-refractivity contribution in [2.75, 3.05) is 39.4 Å². The summed E-state index contributed by atoms with van der Waals surface area (Å²) in [5, 5.41) is 3.70. The van der Waals surface area contributed by atoms with E-state index in [-0.39, 0.29) is 0 Å². The number of rotatable bonds is 5. The van der Waals surface area contributed by atoms with Gasteiger partial charge in [-0.1, -0.05) is 6.92 Å². The Labute approximate surface area is 117 Å². The van der Waals surface area contributed by atoms with Crippen molar-refractivity contribution in [3.8, 4) is 0 Å². The largest absolute Gasteiger partial charge is 0.381 e. The standard InChI is InChI=1S/C15H30N2O2/c1-4-6-16-15-5-7-18-11-14(15)10-17-8-12(2)19-13(3)9-17/h12-16H,4-11H2,1-3H3/t12-,13+,14?,15?. The van der Waals surface area contributed by atoms with Crippen molar-refractivity contribution in [1.29, 1.82) is 0 Å². The lowest BCUT2D eigenvalue weighted by molar-refractivity contribution is -0.0798. The second-order valence-corrected chi connectivity index (χ2v) is 6.16. The van der Waals surface area contributed by atoms with E-state index in [1.807, 2.05) is 0 Å². The Morgan fingerprint density at radius 2 is 1.95 bits per heavy atom. The van der Waals surface area contributed by atoms with Crippen molar-refractivity contribution >= 4 is 0 Å². The molecule has 0 aromatic carbocycles. The molecule has 4 heteroatoms. The SMILES string of the molecule is CCCNC1CCOCC1CN1C[C@@H](C)O[C@@H](C)C1. The first-order valence-corrected chi connectivity index (χ1v) is 7.88. The Hall–Kier alpha value is -0.160. The monoisotopic (exact) mass is 270 g/mol.